The van der Waals surface area contributed by atoms with Crippen molar-refractivity contribution in [3.05, 3.63) is 29.1 Å². The average Bonchev–Trinajstić information content (AvgIpc) is 2.63. The van der Waals surface area contributed by atoms with Crippen LogP contribution in [-0.4, -0.2) is 29.2 Å². The Kier molecular flexibility index (Phi) is 2.82. The van der Waals surface area contributed by atoms with E-state index >= 15 is 0 Å². The van der Waals surface area contributed by atoms with Gasteiger partial charge in [-0.1, -0.05) is 0 Å². The van der Waals surface area contributed by atoms with Gasteiger partial charge in [0.2, 0.25) is 5.91 Å². The lowest BCUT2D eigenvalue weighted by Crippen LogP contribution is -2.37. The van der Waals surface area contributed by atoms with Crippen molar-refractivity contribution in [3.8, 4) is 0 Å². The Balaban J connectivity index is 1.87. The van der Waals surface area contributed by atoms with Crippen molar-refractivity contribution in [1.82, 2.24) is 20.8 Å². The van der Waals surface area contributed by atoms with Gasteiger partial charge in [-0.2, -0.15) is 5.10 Å². The van der Waals surface area contributed by atoms with Gasteiger partial charge >= 0.3 is 0 Å². The molecule has 0 spiro atoms. The Hall–Kier alpha value is -1.62. The molecule has 1 saturated heterocycles. The number of H-pyrrole nitrogens is 1. The third kappa shape index (κ3) is 2.24. The van der Waals surface area contributed by atoms with Crippen LogP contribution < -0.4 is 10.6 Å². The number of rotatable bonds is 3. The predicted molar refractivity (Wildman–Crippen MR) is 56.0 cm³/mol. The summed E-state index contributed by atoms with van der Waals surface area (Å²) < 4.78 is 0. The molecule has 15 heavy (non-hydrogen) atoms. The number of aromatic nitrogens is 2. The average molecular weight is 206 g/mol. The van der Waals surface area contributed by atoms with Gasteiger partial charge in [0.15, 0.2) is 0 Å². The van der Waals surface area contributed by atoms with E-state index in [0.29, 0.717) is 6.54 Å². The number of nitrogens with zero attached hydrogens (tertiary/aromatic N) is 1. The molecule has 2 rings (SSSR count). The van der Waals surface area contributed by atoms with Gasteiger partial charge in [0.05, 0.1) is 12.2 Å². The Morgan fingerprint density at radius 3 is 2.93 bits per heavy atom. The lowest BCUT2D eigenvalue weighted by molar-refractivity contribution is -0.117. The summed E-state index contributed by atoms with van der Waals surface area (Å²) in [5.41, 5.74) is 2.93. The minimum Gasteiger partial charge on any atom is -0.347 e. The van der Waals surface area contributed by atoms with Crippen molar-refractivity contribution < 1.29 is 4.79 Å². The highest BCUT2D eigenvalue weighted by atomic mass is 16.1. The molecule has 1 aromatic rings. The summed E-state index contributed by atoms with van der Waals surface area (Å²) in [4.78, 5) is 11.6. The standard InChI is InChI=1S/C10H14N4O/c1-7(8-4-11-5-8)10(15)12-6-9-2-3-13-14-9/h2-3,11H,4-6H2,1H3,(H,12,15)(H,13,14). The van der Waals surface area contributed by atoms with Crippen molar-refractivity contribution in [1.29, 1.82) is 0 Å². The number of amides is 1. The maximum Gasteiger partial charge on any atom is 0.247 e. The molecular weight excluding hydrogens is 192 g/mol. The molecule has 1 aromatic heterocycles. The molecule has 3 N–H and O–H groups in total. The molecule has 5 nitrogen and oxygen atoms in total. The van der Waals surface area contributed by atoms with Gasteiger partial charge in [-0.05, 0) is 18.6 Å². The highest BCUT2D eigenvalue weighted by molar-refractivity contribution is 5.93. The van der Waals surface area contributed by atoms with Crippen molar-refractivity contribution in [2.45, 2.75) is 13.5 Å². The van der Waals surface area contributed by atoms with E-state index in [9.17, 15) is 4.79 Å². The van der Waals surface area contributed by atoms with Crippen LogP contribution in [0.2, 0.25) is 0 Å². The van der Waals surface area contributed by atoms with Crippen LogP contribution in [0.25, 0.3) is 0 Å². The number of hydrogen-bond acceptors (Lipinski definition) is 3. The third-order valence-corrected chi connectivity index (χ3v) is 2.55. The van der Waals surface area contributed by atoms with Crippen LogP contribution in [0.15, 0.2) is 23.4 Å². The first kappa shape index (κ1) is 9.92. The van der Waals surface area contributed by atoms with Crippen molar-refractivity contribution >= 4 is 5.91 Å². The normalized spacial score (nSPS) is 14.6. The summed E-state index contributed by atoms with van der Waals surface area (Å²) in [6.45, 7) is 4.03. The minimum atomic E-state index is 0.00102. The molecule has 1 aliphatic heterocycles. The third-order valence-electron chi connectivity index (χ3n) is 2.55. The maximum atomic E-state index is 11.6. The first-order chi connectivity index (χ1) is 7.27. The second kappa shape index (κ2) is 4.27. The SMILES string of the molecule is CC(C(=O)NCc1ccn[nH]1)=C1CNC1. The largest absolute Gasteiger partial charge is 0.347 e. The van der Waals surface area contributed by atoms with Crippen LogP contribution in [-0.2, 0) is 11.3 Å². The number of nitrogens with one attached hydrogen (secondary N) is 3. The zero-order chi connectivity index (χ0) is 10.7. The van der Waals surface area contributed by atoms with Crippen LogP contribution in [0.3, 0.4) is 0 Å². The molecule has 1 fully saturated rings. The summed E-state index contributed by atoms with van der Waals surface area (Å²) in [5.74, 6) is 0.00102. The first-order valence-corrected chi connectivity index (χ1v) is 4.93. The summed E-state index contributed by atoms with van der Waals surface area (Å²) in [6.07, 6.45) is 1.67. The summed E-state index contributed by atoms with van der Waals surface area (Å²) in [5, 5.41) is 12.6. The molecule has 0 bridgehead atoms. The Bertz CT molecular complexity index is 374. The van der Waals surface area contributed by atoms with Gasteiger partial charge in [0.1, 0.15) is 0 Å². The second-order valence-electron chi connectivity index (χ2n) is 3.60. The molecule has 0 unspecified atom stereocenters. The van der Waals surface area contributed by atoms with E-state index in [0.717, 1.165) is 24.4 Å². The van der Waals surface area contributed by atoms with E-state index in [1.165, 1.54) is 5.57 Å². The van der Waals surface area contributed by atoms with E-state index in [4.69, 9.17) is 0 Å². The zero-order valence-electron chi connectivity index (χ0n) is 8.63. The fraction of sp³-hybridized carbons (Fsp3) is 0.400. The molecule has 0 aromatic carbocycles. The Morgan fingerprint density at radius 1 is 1.60 bits per heavy atom. The smallest absolute Gasteiger partial charge is 0.247 e. The molecule has 0 saturated carbocycles. The van der Waals surface area contributed by atoms with Gasteiger partial charge in [0, 0.05) is 24.9 Å². The van der Waals surface area contributed by atoms with Crippen LogP contribution in [0.5, 0.6) is 0 Å². The van der Waals surface area contributed by atoms with Crippen molar-refractivity contribution in [2.75, 3.05) is 13.1 Å². The van der Waals surface area contributed by atoms with Crippen molar-refractivity contribution in [3.63, 3.8) is 0 Å². The fourth-order valence-corrected chi connectivity index (χ4v) is 1.37. The van der Waals surface area contributed by atoms with Crippen LogP contribution >= 0.6 is 0 Å². The lowest BCUT2D eigenvalue weighted by atomic mass is 10.0. The highest BCUT2D eigenvalue weighted by Crippen LogP contribution is 2.08. The fourth-order valence-electron chi connectivity index (χ4n) is 1.37. The molecule has 0 radical (unpaired) electrons. The van der Waals surface area contributed by atoms with Crippen LogP contribution in [0.4, 0.5) is 0 Å². The number of carbonyl (C=O) groups excluding carboxylic acids is 1. The van der Waals surface area contributed by atoms with E-state index in [1.54, 1.807) is 6.20 Å². The van der Waals surface area contributed by atoms with Gasteiger partial charge < -0.3 is 10.6 Å². The van der Waals surface area contributed by atoms with Crippen LogP contribution in [0, 0.1) is 0 Å². The quantitative estimate of drug-likeness (QED) is 0.607. The van der Waals surface area contributed by atoms with E-state index < -0.39 is 0 Å². The molecule has 80 valence electrons. The van der Waals surface area contributed by atoms with Crippen LogP contribution in [0.1, 0.15) is 12.6 Å². The molecule has 5 heteroatoms. The predicted octanol–water partition coefficient (Wildman–Crippen LogP) is -0.0544. The minimum absolute atomic E-state index is 0.00102. The zero-order valence-corrected chi connectivity index (χ0v) is 8.63. The summed E-state index contributed by atoms with van der Waals surface area (Å²) in [6, 6.07) is 1.84. The molecule has 1 amide bonds. The van der Waals surface area contributed by atoms with E-state index in [2.05, 4.69) is 20.8 Å². The molecule has 1 aliphatic rings. The number of carbonyl (C=O) groups is 1. The van der Waals surface area contributed by atoms with Gasteiger partial charge in [0.25, 0.3) is 0 Å². The number of hydrogen-bond donors (Lipinski definition) is 3. The second-order valence-corrected chi connectivity index (χ2v) is 3.60. The van der Waals surface area contributed by atoms with E-state index in [1.807, 2.05) is 13.0 Å². The molecule has 0 atom stereocenters. The van der Waals surface area contributed by atoms with E-state index in [-0.39, 0.29) is 5.91 Å². The molecule has 0 aliphatic carbocycles. The topological polar surface area (TPSA) is 69.8 Å². The maximum absolute atomic E-state index is 11.6. The van der Waals surface area contributed by atoms with Gasteiger partial charge in [-0.15, -0.1) is 0 Å². The summed E-state index contributed by atoms with van der Waals surface area (Å²) >= 11 is 0. The first-order valence-electron chi connectivity index (χ1n) is 4.93. The lowest BCUT2D eigenvalue weighted by Gasteiger charge is -2.21. The van der Waals surface area contributed by atoms with Gasteiger partial charge in [-0.25, -0.2) is 0 Å². The monoisotopic (exact) mass is 206 g/mol. The molecule has 2 heterocycles. The summed E-state index contributed by atoms with van der Waals surface area (Å²) in [7, 11) is 0. The van der Waals surface area contributed by atoms with Crippen molar-refractivity contribution in [2.24, 2.45) is 0 Å². The number of aromatic amines is 1. The highest BCUT2D eigenvalue weighted by Gasteiger charge is 2.15. The molecular formula is C10H14N4O. The Morgan fingerprint density at radius 2 is 2.40 bits per heavy atom. The Labute approximate surface area is 87.9 Å². The van der Waals surface area contributed by atoms with Gasteiger partial charge in [-0.3, -0.25) is 9.89 Å².